The summed E-state index contributed by atoms with van der Waals surface area (Å²) in [6.07, 6.45) is 5.24. The molecule has 1 aromatic carbocycles. The van der Waals surface area contributed by atoms with Gasteiger partial charge in [-0.2, -0.15) is 0 Å². The van der Waals surface area contributed by atoms with Crippen molar-refractivity contribution in [1.29, 1.82) is 0 Å². The second-order valence-corrected chi connectivity index (χ2v) is 4.72. The molecule has 0 spiro atoms. The Labute approximate surface area is 109 Å². The molecule has 18 heavy (non-hydrogen) atoms. The van der Waals surface area contributed by atoms with Crippen LogP contribution in [0.15, 0.2) is 36.4 Å². The first kappa shape index (κ1) is 14.1. The van der Waals surface area contributed by atoms with Crippen molar-refractivity contribution in [3.05, 3.63) is 47.5 Å². The second kappa shape index (κ2) is 6.07. The zero-order valence-corrected chi connectivity index (χ0v) is 11.2. The molecule has 0 atom stereocenters. The first-order chi connectivity index (χ1) is 8.44. The van der Waals surface area contributed by atoms with Gasteiger partial charge >= 0.3 is 0 Å². The predicted molar refractivity (Wildman–Crippen MR) is 75.0 cm³/mol. The van der Waals surface area contributed by atoms with Crippen molar-refractivity contribution < 1.29 is 4.79 Å². The van der Waals surface area contributed by atoms with Crippen molar-refractivity contribution in [2.75, 3.05) is 0 Å². The molecule has 0 aromatic heterocycles. The van der Waals surface area contributed by atoms with E-state index in [4.69, 9.17) is 5.73 Å². The molecule has 0 saturated heterocycles. The van der Waals surface area contributed by atoms with Crippen LogP contribution in [0.3, 0.4) is 0 Å². The molecule has 1 aromatic rings. The lowest BCUT2D eigenvalue weighted by atomic mass is 9.93. The molecular formula is C16H19NO. The van der Waals surface area contributed by atoms with E-state index in [1.165, 1.54) is 0 Å². The van der Waals surface area contributed by atoms with Gasteiger partial charge in [0, 0.05) is 16.5 Å². The maximum atomic E-state index is 10.9. The Balaban J connectivity index is 2.85. The van der Waals surface area contributed by atoms with Crippen LogP contribution in [0.4, 0.5) is 0 Å². The van der Waals surface area contributed by atoms with Gasteiger partial charge in [-0.05, 0) is 44.5 Å². The number of amides is 1. The number of allylic oxidation sites excluding steroid dienone is 2. The topological polar surface area (TPSA) is 43.1 Å². The van der Waals surface area contributed by atoms with E-state index in [9.17, 15) is 4.79 Å². The molecule has 0 saturated carbocycles. The standard InChI is InChI=1S/C16H19NO/c1-4-5-11-16(2,3)12-10-13-6-8-14(9-7-13)15(17)18/h5-9,11H,4H2,1-3H3,(H2,17,18)/b11-5-. The number of nitrogens with two attached hydrogens (primary N) is 1. The fraction of sp³-hybridized carbons (Fsp3) is 0.312. The highest BCUT2D eigenvalue weighted by atomic mass is 16.1. The summed E-state index contributed by atoms with van der Waals surface area (Å²) in [5, 5.41) is 0. The third-order valence-corrected chi connectivity index (χ3v) is 2.47. The lowest BCUT2D eigenvalue weighted by Crippen LogP contribution is -2.10. The van der Waals surface area contributed by atoms with E-state index < -0.39 is 5.91 Å². The molecule has 1 amide bonds. The molecule has 0 aliphatic carbocycles. The van der Waals surface area contributed by atoms with Crippen LogP contribution >= 0.6 is 0 Å². The minimum absolute atomic E-state index is 0.141. The number of benzene rings is 1. The second-order valence-electron chi connectivity index (χ2n) is 4.72. The van der Waals surface area contributed by atoms with E-state index in [1.807, 2.05) is 12.1 Å². The van der Waals surface area contributed by atoms with Gasteiger partial charge in [-0.15, -0.1) is 0 Å². The summed E-state index contributed by atoms with van der Waals surface area (Å²) in [6, 6.07) is 7.02. The smallest absolute Gasteiger partial charge is 0.248 e. The van der Waals surface area contributed by atoms with Gasteiger partial charge in [0.25, 0.3) is 0 Å². The Hall–Kier alpha value is -2.01. The summed E-state index contributed by atoms with van der Waals surface area (Å²) in [7, 11) is 0. The van der Waals surface area contributed by atoms with Crippen LogP contribution in [0.2, 0.25) is 0 Å². The number of primary amides is 1. The van der Waals surface area contributed by atoms with Crippen molar-refractivity contribution in [1.82, 2.24) is 0 Å². The van der Waals surface area contributed by atoms with Gasteiger partial charge in [0.05, 0.1) is 0 Å². The summed E-state index contributed by atoms with van der Waals surface area (Å²) in [4.78, 5) is 10.9. The number of hydrogen-bond acceptors (Lipinski definition) is 1. The molecule has 0 fully saturated rings. The van der Waals surface area contributed by atoms with Gasteiger partial charge < -0.3 is 5.73 Å². The van der Waals surface area contributed by atoms with Gasteiger partial charge in [0.1, 0.15) is 0 Å². The molecule has 0 heterocycles. The average molecular weight is 241 g/mol. The number of hydrogen-bond donors (Lipinski definition) is 1. The van der Waals surface area contributed by atoms with Crippen molar-refractivity contribution in [2.45, 2.75) is 27.2 Å². The summed E-state index contributed by atoms with van der Waals surface area (Å²) in [5.41, 5.74) is 6.43. The molecule has 0 unspecified atom stereocenters. The highest BCUT2D eigenvalue weighted by Gasteiger charge is 2.08. The number of carbonyl (C=O) groups is 1. The van der Waals surface area contributed by atoms with Crippen molar-refractivity contribution in [2.24, 2.45) is 11.1 Å². The van der Waals surface area contributed by atoms with Gasteiger partial charge in [-0.25, -0.2) is 0 Å². The molecule has 0 aliphatic rings. The average Bonchev–Trinajstić information content (AvgIpc) is 2.35. The quantitative estimate of drug-likeness (QED) is 0.641. The van der Waals surface area contributed by atoms with Crippen LogP contribution in [0.5, 0.6) is 0 Å². The molecule has 0 aliphatic heterocycles. The van der Waals surface area contributed by atoms with Gasteiger partial charge in [0.2, 0.25) is 5.91 Å². The largest absolute Gasteiger partial charge is 0.366 e. The van der Waals surface area contributed by atoms with E-state index in [2.05, 4.69) is 44.8 Å². The van der Waals surface area contributed by atoms with Crippen molar-refractivity contribution in [3.8, 4) is 11.8 Å². The van der Waals surface area contributed by atoms with Crippen LogP contribution in [-0.2, 0) is 0 Å². The van der Waals surface area contributed by atoms with E-state index in [0.29, 0.717) is 5.56 Å². The Morgan fingerprint density at radius 1 is 1.33 bits per heavy atom. The molecular weight excluding hydrogens is 222 g/mol. The minimum Gasteiger partial charge on any atom is -0.366 e. The van der Waals surface area contributed by atoms with E-state index in [-0.39, 0.29) is 5.41 Å². The number of carbonyl (C=O) groups excluding carboxylic acids is 1. The highest BCUT2D eigenvalue weighted by Crippen LogP contribution is 2.16. The van der Waals surface area contributed by atoms with Crippen molar-refractivity contribution >= 4 is 5.91 Å². The molecule has 94 valence electrons. The molecule has 0 radical (unpaired) electrons. The Morgan fingerprint density at radius 2 is 1.94 bits per heavy atom. The van der Waals surface area contributed by atoms with Gasteiger partial charge in [-0.3, -0.25) is 4.79 Å². The summed E-state index contributed by atoms with van der Waals surface area (Å²) in [6.45, 7) is 6.25. The van der Waals surface area contributed by atoms with Crippen LogP contribution in [-0.4, -0.2) is 5.91 Å². The molecule has 2 heteroatoms. The van der Waals surface area contributed by atoms with Crippen LogP contribution in [0.25, 0.3) is 0 Å². The van der Waals surface area contributed by atoms with E-state index >= 15 is 0 Å². The maximum absolute atomic E-state index is 10.9. The van der Waals surface area contributed by atoms with Crippen LogP contribution in [0, 0.1) is 17.3 Å². The first-order valence-electron chi connectivity index (χ1n) is 6.05. The van der Waals surface area contributed by atoms with Crippen molar-refractivity contribution in [3.63, 3.8) is 0 Å². The predicted octanol–water partition coefficient (Wildman–Crippen LogP) is 3.13. The lowest BCUT2D eigenvalue weighted by molar-refractivity contribution is 0.100. The van der Waals surface area contributed by atoms with Gasteiger partial charge in [0.15, 0.2) is 0 Å². The summed E-state index contributed by atoms with van der Waals surface area (Å²) < 4.78 is 0. The lowest BCUT2D eigenvalue weighted by Gasteiger charge is -2.10. The monoisotopic (exact) mass is 241 g/mol. The Bertz CT molecular complexity index is 498. The fourth-order valence-corrected chi connectivity index (χ4v) is 1.41. The minimum atomic E-state index is -0.416. The van der Waals surface area contributed by atoms with E-state index in [1.54, 1.807) is 12.1 Å². The molecule has 2 nitrogen and oxygen atoms in total. The Kier molecular flexibility index (Phi) is 4.74. The third-order valence-electron chi connectivity index (χ3n) is 2.47. The van der Waals surface area contributed by atoms with Crippen LogP contribution < -0.4 is 5.73 Å². The molecule has 2 N–H and O–H groups in total. The normalized spacial score (nSPS) is 11.1. The van der Waals surface area contributed by atoms with E-state index in [0.717, 1.165) is 12.0 Å². The molecule has 1 rings (SSSR count). The maximum Gasteiger partial charge on any atom is 0.248 e. The van der Waals surface area contributed by atoms with Crippen LogP contribution in [0.1, 0.15) is 43.1 Å². The summed E-state index contributed by atoms with van der Waals surface area (Å²) in [5.74, 6) is 5.90. The zero-order chi connectivity index (χ0) is 13.6. The zero-order valence-electron chi connectivity index (χ0n) is 11.2. The number of rotatable bonds is 3. The first-order valence-corrected chi connectivity index (χ1v) is 6.05. The SMILES string of the molecule is CC/C=C\C(C)(C)C#Cc1ccc(C(N)=O)cc1. The van der Waals surface area contributed by atoms with Gasteiger partial charge in [-0.1, -0.05) is 30.9 Å². The fourth-order valence-electron chi connectivity index (χ4n) is 1.41. The Morgan fingerprint density at radius 3 is 2.44 bits per heavy atom. The highest BCUT2D eigenvalue weighted by molar-refractivity contribution is 5.92. The third kappa shape index (κ3) is 4.47. The molecule has 0 bridgehead atoms. The summed E-state index contributed by atoms with van der Waals surface area (Å²) >= 11 is 0.